The van der Waals surface area contributed by atoms with Gasteiger partial charge in [-0.05, 0) is 24.3 Å². The summed E-state index contributed by atoms with van der Waals surface area (Å²) in [6.45, 7) is 0. The summed E-state index contributed by atoms with van der Waals surface area (Å²) in [4.78, 5) is 0. The van der Waals surface area contributed by atoms with Crippen LogP contribution in [0.1, 0.15) is 11.1 Å². The second-order valence-electron chi connectivity index (χ2n) is 3.00. The molecule has 0 amide bonds. The molecule has 0 bridgehead atoms. The average Bonchev–Trinajstić information content (AvgIpc) is 2.50. The van der Waals surface area contributed by atoms with E-state index in [-0.39, 0.29) is 0 Å². The molecule has 5 heteroatoms. The fourth-order valence-electron chi connectivity index (χ4n) is 1.03. The Kier molecular flexibility index (Phi) is 11.9. The van der Waals surface area contributed by atoms with E-state index in [1.54, 1.807) is 24.3 Å². The molecule has 0 aromatic heterocycles. The van der Waals surface area contributed by atoms with E-state index in [9.17, 15) is 0 Å². The van der Waals surface area contributed by atoms with E-state index in [0.717, 1.165) is 0 Å². The van der Waals surface area contributed by atoms with E-state index in [4.69, 9.17) is 30.9 Å². The molecule has 100 valence electrons. The van der Waals surface area contributed by atoms with Gasteiger partial charge in [0.1, 0.15) is 0 Å². The van der Waals surface area contributed by atoms with Crippen LogP contribution in [0.15, 0.2) is 60.7 Å². The van der Waals surface area contributed by atoms with Gasteiger partial charge in [0.25, 0.3) is 0 Å². The van der Waals surface area contributed by atoms with Crippen LogP contribution in [-0.2, 0) is 12.7 Å². The molecule has 0 saturated heterocycles. The first-order chi connectivity index (χ1) is 9.28. The zero-order valence-corrected chi connectivity index (χ0v) is 12.2. The first-order valence-electron chi connectivity index (χ1n) is 5.01. The van der Waals surface area contributed by atoms with Gasteiger partial charge in [-0.15, -0.1) is 0 Å². The SMILES string of the molecule is N#Cc1ccccc1.N#Cc1ccccc1.[Cl][Ni][Cl]. The monoisotopic (exact) mass is 334 g/mol. The Morgan fingerprint density at radius 1 is 0.684 bits per heavy atom. The van der Waals surface area contributed by atoms with Crippen LogP contribution in [0.2, 0.25) is 0 Å². The summed E-state index contributed by atoms with van der Waals surface area (Å²) in [6, 6.07) is 22.3. The van der Waals surface area contributed by atoms with Crippen LogP contribution in [0.5, 0.6) is 0 Å². The second-order valence-corrected chi connectivity index (χ2v) is 4.63. The molecule has 0 aliphatic heterocycles. The summed E-state index contributed by atoms with van der Waals surface area (Å²) in [5.41, 5.74) is 1.43. The first-order valence-corrected chi connectivity index (χ1v) is 7.73. The first kappa shape index (κ1) is 17.5. The van der Waals surface area contributed by atoms with Crippen LogP contribution in [0, 0.1) is 22.7 Å². The van der Waals surface area contributed by atoms with E-state index in [1.807, 2.05) is 48.5 Å². The molecule has 2 rings (SSSR count). The Balaban J connectivity index is 0.000000284. The Labute approximate surface area is 127 Å². The van der Waals surface area contributed by atoms with Crippen molar-refractivity contribution < 1.29 is 12.7 Å². The average molecular weight is 336 g/mol. The van der Waals surface area contributed by atoms with Gasteiger partial charge in [0.05, 0.1) is 23.3 Å². The molecule has 2 nitrogen and oxygen atoms in total. The molecule has 0 atom stereocenters. The minimum atomic E-state index is 0.569. The predicted octanol–water partition coefficient (Wildman–Crippen LogP) is 4.49. The summed E-state index contributed by atoms with van der Waals surface area (Å²) in [5, 5.41) is 16.6. The summed E-state index contributed by atoms with van der Waals surface area (Å²) in [5.74, 6) is 0. The Morgan fingerprint density at radius 3 is 1.11 bits per heavy atom. The van der Waals surface area contributed by atoms with Gasteiger partial charge in [0.15, 0.2) is 0 Å². The van der Waals surface area contributed by atoms with E-state index in [2.05, 4.69) is 0 Å². The van der Waals surface area contributed by atoms with Crippen molar-refractivity contribution in [2.24, 2.45) is 0 Å². The van der Waals surface area contributed by atoms with Gasteiger partial charge < -0.3 is 0 Å². The third-order valence-corrected chi connectivity index (χ3v) is 1.81. The van der Waals surface area contributed by atoms with E-state index in [0.29, 0.717) is 23.8 Å². The van der Waals surface area contributed by atoms with Gasteiger partial charge in [0.2, 0.25) is 0 Å². The van der Waals surface area contributed by atoms with Gasteiger partial charge in [-0.2, -0.15) is 10.5 Å². The number of nitrogens with zero attached hydrogens (tertiary/aromatic N) is 2. The fourth-order valence-corrected chi connectivity index (χ4v) is 1.03. The zero-order chi connectivity index (χ0) is 14.3. The summed E-state index contributed by atoms with van der Waals surface area (Å²) >= 11 is 0.569. The molecule has 0 N–H and O–H groups in total. The molecule has 0 aliphatic carbocycles. The Morgan fingerprint density at radius 2 is 0.947 bits per heavy atom. The third-order valence-electron chi connectivity index (χ3n) is 1.81. The quantitative estimate of drug-likeness (QED) is 0.666. The van der Waals surface area contributed by atoms with Gasteiger partial charge in [-0.25, -0.2) is 0 Å². The standard InChI is InChI=1S/2C7H5N.2ClH.Ni/c2*8-6-7-4-2-1-3-5-7;;;/h2*1-5H;2*1H;/q;;;;+2/p-2. The Hall–Kier alpha value is -1.51. The van der Waals surface area contributed by atoms with Crippen molar-refractivity contribution in [3.05, 3.63) is 71.8 Å². The minimum absolute atomic E-state index is 0.569. The number of halogens is 2. The molecule has 0 aliphatic rings. The summed E-state index contributed by atoms with van der Waals surface area (Å²) in [6.07, 6.45) is 0. The number of hydrogen-bond acceptors (Lipinski definition) is 2. The summed E-state index contributed by atoms with van der Waals surface area (Å²) in [7, 11) is 9.40. The van der Waals surface area contributed by atoms with Crippen molar-refractivity contribution in [1.82, 2.24) is 0 Å². The Bertz CT molecular complexity index is 469. The summed E-state index contributed by atoms with van der Waals surface area (Å²) < 4.78 is 0. The van der Waals surface area contributed by atoms with Crippen molar-refractivity contribution in [3.63, 3.8) is 0 Å². The van der Waals surface area contributed by atoms with E-state index < -0.39 is 0 Å². The van der Waals surface area contributed by atoms with Gasteiger partial charge in [-0.1, -0.05) is 36.4 Å². The van der Waals surface area contributed by atoms with Crippen molar-refractivity contribution in [2.75, 3.05) is 0 Å². The molecule has 19 heavy (non-hydrogen) atoms. The number of nitriles is 2. The number of benzene rings is 2. The van der Waals surface area contributed by atoms with Crippen molar-refractivity contribution in [3.8, 4) is 12.1 Å². The number of rotatable bonds is 0. The van der Waals surface area contributed by atoms with Crippen molar-refractivity contribution >= 4 is 20.4 Å². The van der Waals surface area contributed by atoms with Crippen LogP contribution in [0.25, 0.3) is 0 Å². The number of hydrogen-bond donors (Lipinski definition) is 0. The second kappa shape index (κ2) is 12.9. The molecule has 0 saturated carbocycles. The molecule has 2 aromatic carbocycles. The molecule has 0 radical (unpaired) electrons. The maximum absolute atomic E-state index is 8.29. The van der Waals surface area contributed by atoms with Crippen molar-refractivity contribution in [1.29, 1.82) is 10.5 Å². The predicted molar refractivity (Wildman–Crippen MR) is 74.0 cm³/mol. The molecule has 0 fully saturated rings. The molecular weight excluding hydrogens is 326 g/mol. The van der Waals surface area contributed by atoms with E-state index in [1.165, 1.54) is 0 Å². The van der Waals surface area contributed by atoms with Crippen LogP contribution < -0.4 is 0 Å². The zero-order valence-electron chi connectivity index (χ0n) is 9.74. The van der Waals surface area contributed by atoms with Crippen LogP contribution in [0.4, 0.5) is 0 Å². The van der Waals surface area contributed by atoms with E-state index >= 15 is 0 Å². The third kappa shape index (κ3) is 10.1. The normalized spacial score (nSPS) is 7.79. The van der Waals surface area contributed by atoms with Crippen LogP contribution in [0.3, 0.4) is 0 Å². The molecule has 2 aromatic rings. The van der Waals surface area contributed by atoms with Crippen molar-refractivity contribution in [2.45, 2.75) is 0 Å². The maximum atomic E-state index is 8.29. The van der Waals surface area contributed by atoms with Crippen LogP contribution >= 0.6 is 20.4 Å². The van der Waals surface area contributed by atoms with Crippen LogP contribution in [-0.4, -0.2) is 0 Å². The molecule has 0 heterocycles. The fraction of sp³-hybridized carbons (Fsp3) is 0. The van der Waals surface area contributed by atoms with Gasteiger partial charge in [-0.3, -0.25) is 0 Å². The van der Waals surface area contributed by atoms with Gasteiger partial charge in [0, 0.05) is 0 Å². The molecule has 0 spiro atoms. The molecular formula is C14H10Cl2N2Ni. The topological polar surface area (TPSA) is 47.6 Å². The molecule has 0 unspecified atom stereocenters. The van der Waals surface area contributed by atoms with Gasteiger partial charge >= 0.3 is 33.0 Å².